The summed E-state index contributed by atoms with van der Waals surface area (Å²) in [6, 6.07) is 3.53. The first-order valence-electron chi connectivity index (χ1n) is 7.58. The van der Waals surface area contributed by atoms with Crippen molar-refractivity contribution in [2.75, 3.05) is 21.3 Å². The summed E-state index contributed by atoms with van der Waals surface area (Å²) in [7, 11) is 4.14. The molecule has 0 bridgehead atoms. The summed E-state index contributed by atoms with van der Waals surface area (Å²) in [6.45, 7) is 7.95. The van der Waals surface area contributed by atoms with E-state index in [-0.39, 0.29) is 0 Å². The molecule has 2 rings (SSSR count). The number of benzene rings is 1. The van der Waals surface area contributed by atoms with Gasteiger partial charge in [-0.25, -0.2) is 0 Å². The third-order valence-corrected chi connectivity index (χ3v) is 4.65. The highest BCUT2D eigenvalue weighted by Gasteiger charge is 2.54. The summed E-state index contributed by atoms with van der Waals surface area (Å²) in [6.07, 6.45) is 0. The van der Waals surface area contributed by atoms with Crippen LogP contribution in [0.3, 0.4) is 0 Å². The van der Waals surface area contributed by atoms with Crippen LogP contribution < -0.4 is 19.9 Å². The number of nitrogens with two attached hydrogens (primary N) is 1. The predicted molar refractivity (Wildman–Crippen MR) is 89.1 cm³/mol. The molecule has 1 heterocycles. The number of ether oxygens (including phenoxy) is 3. The third-order valence-electron chi connectivity index (χ3n) is 4.65. The topological polar surface area (TPSA) is 72.2 Å². The first kappa shape index (κ1) is 17.9. The zero-order valence-corrected chi connectivity index (χ0v) is 14.9. The SMILES string of the molecule is COc1cc(OC)c([C@@H](N)B2OC(C)(C)C(C)(C)O2)c(OC)c1. The summed E-state index contributed by atoms with van der Waals surface area (Å²) in [4.78, 5) is 0. The van der Waals surface area contributed by atoms with Gasteiger partial charge < -0.3 is 29.3 Å². The molecule has 1 fully saturated rings. The molecule has 1 aliphatic rings. The van der Waals surface area contributed by atoms with Crippen molar-refractivity contribution in [3.05, 3.63) is 17.7 Å². The van der Waals surface area contributed by atoms with Crippen LogP contribution >= 0.6 is 0 Å². The van der Waals surface area contributed by atoms with Crippen LogP contribution in [0.1, 0.15) is 39.2 Å². The van der Waals surface area contributed by atoms with Gasteiger partial charge in [0.1, 0.15) is 17.2 Å². The monoisotopic (exact) mass is 323 g/mol. The van der Waals surface area contributed by atoms with Gasteiger partial charge in [0.05, 0.1) is 44.0 Å². The lowest BCUT2D eigenvalue weighted by Crippen LogP contribution is -2.41. The summed E-state index contributed by atoms with van der Waals surface area (Å²) in [5.74, 6) is 1.21. The standard InChI is InChI=1S/C16H26BNO5/c1-15(2)16(3,4)23-17(22-15)14(18)13-11(20-6)8-10(19-5)9-12(13)21-7/h8-9,14H,18H2,1-7H3/t14-/m1/s1. The van der Waals surface area contributed by atoms with Gasteiger partial charge in [-0.2, -0.15) is 0 Å². The van der Waals surface area contributed by atoms with Crippen molar-refractivity contribution in [1.29, 1.82) is 0 Å². The Bertz CT molecular complexity index is 535. The molecule has 0 saturated carbocycles. The molecule has 7 heteroatoms. The zero-order valence-electron chi connectivity index (χ0n) is 14.9. The summed E-state index contributed by atoms with van der Waals surface area (Å²) in [5.41, 5.74) is 6.21. The second-order valence-electron chi connectivity index (χ2n) is 6.60. The highest BCUT2D eigenvalue weighted by atomic mass is 16.7. The van der Waals surface area contributed by atoms with E-state index in [2.05, 4.69) is 0 Å². The third kappa shape index (κ3) is 3.13. The van der Waals surface area contributed by atoms with E-state index in [9.17, 15) is 0 Å². The minimum atomic E-state index is -0.601. The van der Waals surface area contributed by atoms with Crippen molar-refractivity contribution in [1.82, 2.24) is 0 Å². The fourth-order valence-corrected chi connectivity index (χ4v) is 2.53. The molecule has 6 nitrogen and oxygen atoms in total. The van der Waals surface area contributed by atoms with Crippen LogP contribution in [0.25, 0.3) is 0 Å². The van der Waals surface area contributed by atoms with Gasteiger partial charge in [0, 0.05) is 12.1 Å². The van der Waals surface area contributed by atoms with Crippen LogP contribution in [0, 0.1) is 0 Å². The maximum absolute atomic E-state index is 6.44. The average molecular weight is 323 g/mol. The van der Waals surface area contributed by atoms with Gasteiger partial charge in [-0.15, -0.1) is 0 Å². The van der Waals surface area contributed by atoms with Crippen molar-refractivity contribution in [2.24, 2.45) is 5.73 Å². The molecule has 2 N–H and O–H groups in total. The second kappa shape index (κ2) is 6.22. The first-order valence-corrected chi connectivity index (χ1v) is 7.58. The second-order valence-corrected chi connectivity index (χ2v) is 6.60. The molecule has 1 atom stereocenters. The minimum Gasteiger partial charge on any atom is -0.496 e. The highest BCUT2D eigenvalue weighted by molar-refractivity contribution is 6.47. The molecule has 1 saturated heterocycles. The molecule has 23 heavy (non-hydrogen) atoms. The van der Waals surface area contributed by atoms with Crippen LogP contribution in [0.2, 0.25) is 0 Å². The number of methoxy groups -OCH3 is 3. The average Bonchev–Trinajstić information content (AvgIpc) is 2.73. The lowest BCUT2D eigenvalue weighted by atomic mass is 9.74. The Labute approximate surface area is 138 Å². The van der Waals surface area contributed by atoms with Gasteiger partial charge >= 0.3 is 7.12 Å². The largest absolute Gasteiger partial charge is 0.496 e. The van der Waals surface area contributed by atoms with E-state index in [1.807, 2.05) is 27.7 Å². The predicted octanol–water partition coefficient (Wildman–Crippen LogP) is 2.34. The molecule has 128 valence electrons. The molecule has 1 aromatic rings. The molecule has 0 unspecified atom stereocenters. The van der Waals surface area contributed by atoms with Crippen molar-refractivity contribution in [3.63, 3.8) is 0 Å². The molecule has 0 radical (unpaired) electrons. The van der Waals surface area contributed by atoms with Crippen molar-refractivity contribution in [2.45, 2.75) is 44.8 Å². The van der Waals surface area contributed by atoms with Crippen LogP contribution in [0.4, 0.5) is 0 Å². The normalized spacial score (nSPS) is 20.3. The molecule has 0 aliphatic carbocycles. The smallest absolute Gasteiger partial charge is 0.480 e. The summed E-state index contributed by atoms with van der Waals surface area (Å²) >= 11 is 0. The lowest BCUT2D eigenvalue weighted by molar-refractivity contribution is 0.00578. The Hall–Kier alpha value is -1.44. The van der Waals surface area contributed by atoms with E-state index in [0.717, 1.165) is 0 Å². The molecule has 0 spiro atoms. The van der Waals surface area contributed by atoms with Gasteiger partial charge in [-0.05, 0) is 27.7 Å². The van der Waals surface area contributed by atoms with Gasteiger partial charge in [0.2, 0.25) is 0 Å². The maximum atomic E-state index is 6.44. The van der Waals surface area contributed by atoms with Crippen LogP contribution in [-0.2, 0) is 9.31 Å². The van der Waals surface area contributed by atoms with E-state index in [0.29, 0.717) is 22.8 Å². The van der Waals surface area contributed by atoms with Gasteiger partial charge in [0.15, 0.2) is 0 Å². The number of rotatable bonds is 5. The Kier molecular flexibility index (Phi) is 4.85. The highest BCUT2D eigenvalue weighted by Crippen LogP contribution is 2.44. The van der Waals surface area contributed by atoms with E-state index < -0.39 is 24.3 Å². The van der Waals surface area contributed by atoms with Crippen LogP contribution in [0.5, 0.6) is 17.2 Å². The van der Waals surface area contributed by atoms with Crippen molar-refractivity contribution >= 4 is 7.12 Å². The Morgan fingerprint density at radius 3 is 1.70 bits per heavy atom. The molecule has 1 aliphatic heterocycles. The molecule has 1 aromatic carbocycles. The van der Waals surface area contributed by atoms with Crippen molar-refractivity contribution in [3.8, 4) is 17.2 Å². The van der Waals surface area contributed by atoms with Crippen LogP contribution in [0.15, 0.2) is 12.1 Å². The Morgan fingerprint density at radius 2 is 1.35 bits per heavy atom. The molecular weight excluding hydrogens is 297 g/mol. The fraction of sp³-hybridized carbons (Fsp3) is 0.625. The Morgan fingerprint density at radius 1 is 0.913 bits per heavy atom. The first-order chi connectivity index (χ1) is 10.7. The number of hydrogen-bond donors (Lipinski definition) is 1. The maximum Gasteiger partial charge on any atom is 0.480 e. The van der Waals surface area contributed by atoms with E-state index in [1.165, 1.54) is 0 Å². The molecular formula is C16H26BNO5. The molecule has 0 amide bonds. The van der Waals surface area contributed by atoms with E-state index in [1.54, 1.807) is 33.5 Å². The Balaban J connectivity index is 2.42. The van der Waals surface area contributed by atoms with Gasteiger partial charge in [-0.3, -0.25) is 0 Å². The fourth-order valence-electron chi connectivity index (χ4n) is 2.53. The van der Waals surface area contributed by atoms with Crippen molar-refractivity contribution < 1.29 is 23.5 Å². The van der Waals surface area contributed by atoms with Gasteiger partial charge in [0.25, 0.3) is 0 Å². The summed E-state index contributed by atoms with van der Waals surface area (Å²) < 4.78 is 28.3. The quantitative estimate of drug-likeness (QED) is 0.839. The molecule has 0 aromatic heterocycles. The van der Waals surface area contributed by atoms with Crippen LogP contribution in [-0.4, -0.2) is 39.6 Å². The minimum absolute atomic E-state index is 0.456. The number of hydrogen-bond acceptors (Lipinski definition) is 6. The van der Waals surface area contributed by atoms with E-state index in [4.69, 9.17) is 29.3 Å². The lowest BCUT2D eigenvalue weighted by Gasteiger charge is -2.32. The summed E-state index contributed by atoms with van der Waals surface area (Å²) in [5, 5.41) is 0. The van der Waals surface area contributed by atoms with E-state index >= 15 is 0 Å². The van der Waals surface area contributed by atoms with Gasteiger partial charge in [-0.1, -0.05) is 0 Å². The zero-order chi connectivity index (χ0) is 17.4.